The maximum Gasteiger partial charge on any atom is 0.234 e. The first-order valence-corrected chi connectivity index (χ1v) is 6.86. The van der Waals surface area contributed by atoms with Gasteiger partial charge >= 0.3 is 0 Å². The number of rotatable bonds is 4. The topological polar surface area (TPSA) is 44.4 Å². The average Bonchev–Trinajstić information content (AvgIpc) is 2.90. The van der Waals surface area contributed by atoms with Gasteiger partial charge in [0.1, 0.15) is 0 Å². The molecule has 2 aliphatic rings. The van der Waals surface area contributed by atoms with Crippen LogP contribution >= 0.6 is 0 Å². The maximum absolute atomic E-state index is 11.8. The molecule has 2 fully saturated rings. The number of hydrogen-bond acceptors (Lipinski definition) is 3. The third-order valence-electron chi connectivity index (χ3n) is 4.24. The maximum atomic E-state index is 11.8. The third-order valence-corrected chi connectivity index (χ3v) is 4.24. The highest BCUT2D eigenvalue weighted by atomic mass is 16.2. The van der Waals surface area contributed by atoms with Crippen LogP contribution in [0.3, 0.4) is 0 Å². The highest BCUT2D eigenvalue weighted by Crippen LogP contribution is 2.35. The molecule has 4 heteroatoms. The summed E-state index contributed by atoms with van der Waals surface area (Å²) >= 11 is 0. The van der Waals surface area contributed by atoms with Crippen molar-refractivity contribution in [3.8, 4) is 0 Å². The lowest BCUT2D eigenvalue weighted by atomic mass is 9.87. The van der Waals surface area contributed by atoms with Gasteiger partial charge in [-0.3, -0.25) is 9.69 Å². The molecule has 17 heavy (non-hydrogen) atoms. The van der Waals surface area contributed by atoms with Crippen molar-refractivity contribution < 1.29 is 4.79 Å². The van der Waals surface area contributed by atoms with E-state index in [1.165, 1.54) is 12.8 Å². The first-order chi connectivity index (χ1) is 8.13. The van der Waals surface area contributed by atoms with Crippen LogP contribution in [0.15, 0.2) is 0 Å². The Labute approximate surface area is 104 Å². The zero-order valence-corrected chi connectivity index (χ0v) is 11.1. The number of amides is 1. The molecule has 1 spiro atoms. The van der Waals surface area contributed by atoms with Crippen LogP contribution in [0.25, 0.3) is 0 Å². The summed E-state index contributed by atoms with van der Waals surface area (Å²) in [5, 5.41) is 6.48. The predicted octanol–water partition coefficient (Wildman–Crippen LogP) is 0.587. The van der Waals surface area contributed by atoms with Gasteiger partial charge in [-0.2, -0.15) is 0 Å². The number of likely N-dealkylation sites (tertiary alicyclic amines) is 1. The fourth-order valence-electron chi connectivity index (χ4n) is 2.93. The van der Waals surface area contributed by atoms with E-state index in [2.05, 4.69) is 29.4 Å². The van der Waals surface area contributed by atoms with Gasteiger partial charge in [0.05, 0.1) is 6.54 Å². The Morgan fingerprint density at radius 3 is 3.00 bits per heavy atom. The highest BCUT2D eigenvalue weighted by Gasteiger charge is 2.40. The third kappa shape index (κ3) is 3.19. The summed E-state index contributed by atoms with van der Waals surface area (Å²) < 4.78 is 0. The van der Waals surface area contributed by atoms with E-state index in [1.807, 2.05) is 0 Å². The van der Waals surface area contributed by atoms with Gasteiger partial charge in [-0.25, -0.2) is 0 Å². The lowest BCUT2D eigenvalue weighted by Gasteiger charge is -2.23. The Balaban J connectivity index is 1.75. The van der Waals surface area contributed by atoms with Crippen molar-refractivity contribution in [2.45, 2.75) is 39.2 Å². The quantitative estimate of drug-likeness (QED) is 0.754. The molecule has 2 aliphatic heterocycles. The second kappa shape index (κ2) is 5.36. The molecule has 2 unspecified atom stereocenters. The molecular formula is C13H25N3O. The van der Waals surface area contributed by atoms with Crippen LogP contribution < -0.4 is 10.6 Å². The van der Waals surface area contributed by atoms with Crippen molar-refractivity contribution in [3.63, 3.8) is 0 Å². The minimum Gasteiger partial charge on any atom is -0.353 e. The standard InChI is InChI=1S/C13H25N3O/c1-3-11(2)15-12(17)8-16-7-5-13(10-16)4-6-14-9-13/h11,14H,3-10H2,1-2H3,(H,15,17). The van der Waals surface area contributed by atoms with E-state index in [4.69, 9.17) is 0 Å². The molecule has 0 saturated carbocycles. The van der Waals surface area contributed by atoms with Gasteiger partial charge < -0.3 is 10.6 Å². The molecule has 1 amide bonds. The van der Waals surface area contributed by atoms with E-state index >= 15 is 0 Å². The minimum absolute atomic E-state index is 0.183. The van der Waals surface area contributed by atoms with Crippen LogP contribution in [-0.4, -0.2) is 49.6 Å². The lowest BCUT2D eigenvalue weighted by molar-refractivity contribution is -0.122. The second-order valence-corrected chi connectivity index (χ2v) is 5.76. The van der Waals surface area contributed by atoms with Crippen LogP contribution in [0.1, 0.15) is 33.1 Å². The summed E-state index contributed by atoms with van der Waals surface area (Å²) in [6.45, 7) is 9.18. The van der Waals surface area contributed by atoms with Crippen LogP contribution in [0.2, 0.25) is 0 Å². The Morgan fingerprint density at radius 2 is 2.35 bits per heavy atom. The van der Waals surface area contributed by atoms with Crippen molar-refractivity contribution in [2.75, 3.05) is 32.7 Å². The molecule has 2 atom stereocenters. The normalized spacial score (nSPS) is 30.9. The minimum atomic E-state index is 0.183. The molecule has 2 rings (SSSR count). The number of carbonyl (C=O) groups excluding carboxylic acids is 1. The fourth-order valence-corrected chi connectivity index (χ4v) is 2.93. The van der Waals surface area contributed by atoms with Gasteiger partial charge in [0.2, 0.25) is 5.91 Å². The van der Waals surface area contributed by atoms with Crippen LogP contribution in [0.4, 0.5) is 0 Å². The molecule has 0 bridgehead atoms. The summed E-state index contributed by atoms with van der Waals surface area (Å²) in [5.41, 5.74) is 0.469. The summed E-state index contributed by atoms with van der Waals surface area (Å²) in [6.07, 6.45) is 3.52. The van der Waals surface area contributed by atoms with Crippen LogP contribution in [0.5, 0.6) is 0 Å². The Bertz CT molecular complexity index is 274. The molecule has 98 valence electrons. The Morgan fingerprint density at radius 1 is 1.53 bits per heavy atom. The SMILES string of the molecule is CCC(C)NC(=O)CN1CCC2(CCNC2)C1. The smallest absolute Gasteiger partial charge is 0.234 e. The highest BCUT2D eigenvalue weighted by molar-refractivity contribution is 5.78. The molecule has 0 aromatic rings. The lowest BCUT2D eigenvalue weighted by Crippen LogP contribution is -2.41. The second-order valence-electron chi connectivity index (χ2n) is 5.76. The molecule has 2 heterocycles. The van der Waals surface area contributed by atoms with Gasteiger partial charge in [0.25, 0.3) is 0 Å². The van der Waals surface area contributed by atoms with Crippen LogP contribution in [-0.2, 0) is 4.79 Å². The predicted molar refractivity (Wildman–Crippen MR) is 68.9 cm³/mol. The number of carbonyl (C=O) groups is 1. The molecule has 4 nitrogen and oxygen atoms in total. The first kappa shape index (κ1) is 12.8. The number of nitrogens with zero attached hydrogens (tertiary/aromatic N) is 1. The van der Waals surface area contributed by atoms with E-state index in [9.17, 15) is 4.79 Å². The van der Waals surface area contributed by atoms with Gasteiger partial charge in [-0.05, 0) is 44.7 Å². The summed E-state index contributed by atoms with van der Waals surface area (Å²) in [7, 11) is 0. The summed E-state index contributed by atoms with van der Waals surface area (Å²) in [5.74, 6) is 0.183. The molecule has 2 N–H and O–H groups in total. The Hall–Kier alpha value is -0.610. The van der Waals surface area contributed by atoms with E-state index in [0.717, 1.165) is 32.6 Å². The largest absolute Gasteiger partial charge is 0.353 e. The zero-order chi connectivity index (χ0) is 12.3. The first-order valence-electron chi connectivity index (χ1n) is 6.86. The number of nitrogens with one attached hydrogen (secondary N) is 2. The summed E-state index contributed by atoms with van der Waals surface area (Å²) in [6, 6.07) is 0.298. The molecule has 0 aromatic carbocycles. The van der Waals surface area contributed by atoms with Crippen LogP contribution in [0, 0.1) is 5.41 Å². The monoisotopic (exact) mass is 239 g/mol. The van der Waals surface area contributed by atoms with Crippen molar-refractivity contribution in [1.29, 1.82) is 0 Å². The zero-order valence-electron chi connectivity index (χ0n) is 11.1. The van der Waals surface area contributed by atoms with Gasteiger partial charge in [-0.1, -0.05) is 6.92 Å². The molecular weight excluding hydrogens is 214 g/mol. The van der Waals surface area contributed by atoms with Gasteiger partial charge in [-0.15, -0.1) is 0 Å². The number of hydrogen-bond donors (Lipinski definition) is 2. The van der Waals surface area contributed by atoms with E-state index in [0.29, 0.717) is 18.0 Å². The molecule has 2 saturated heterocycles. The van der Waals surface area contributed by atoms with Crippen molar-refractivity contribution >= 4 is 5.91 Å². The van der Waals surface area contributed by atoms with E-state index in [-0.39, 0.29) is 5.91 Å². The summed E-state index contributed by atoms with van der Waals surface area (Å²) in [4.78, 5) is 14.1. The molecule has 0 radical (unpaired) electrons. The van der Waals surface area contributed by atoms with E-state index in [1.54, 1.807) is 0 Å². The van der Waals surface area contributed by atoms with Crippen molar-refractivity contribution in [2.24, 2.45) is 5.41 Å². The van der Waals surface area contributed by atoms with E-state index < -0.39 is 0 Å². The average molecular weight is 239 g/mol. The molecule has 0 aromatic heterocycles. The van der Waals surface area contributed by atoms with Crippen molar-refractivity contribution in [1.82, 2.24) is 15.5 Å². The fraction of sp³-hybridized carbons (Fsp3) is 0.923. The Kier molecular flexibility index (Phi) is 4.05. The molecule has 0 aliphatic carbocycles. The van der Waals surface area contributed by atoms with Gasteiger partial charge in [0.15, 0.2) is 0 Å². The van der Waals surface area contributed by atoms with Crippen molar-refractivity contribution in [3.05, 3.63) is 0 Å². The van der Waals surface area contributed by atoms with Gasteiger partial charge in [0, 0.05) is 19.1 Å².